The summed E-state index contributed by atoms with van der Waals surface area (Å²) >= 11 is 0. The first-order valence-electron chi connectivity index (χ1n) is 7.74. The first kappa shape index (κ1) is 19.5. The number of carbonyl (C=O) groups excluding carboxylic acids is 1. The van der Waals surface area contributed by atoms with Crippen LogP contribution in [0.2, 0.25) is 0 Å². The summed E-state index contributed by atoms with van der Waals surface area (Å²) < 4.78 is 25.9. The highest BCUT2D eigenvalue weighted by Gasteiger charge is 2.59. The van der Waals surface area contributed by atoms with Gasteiger partial charge in [-0.2, -0.15) is 0 Å². The summed E-state index contributed by atoms with van der Waals surface area (Å²) in [6.07, 6.45) is -3.63. The molecule has 2 saturated heterocycles. The maximum Gasteiger partial charge on any atom is 0.246 e. The van der Waals surface area contributed by atoms with Gasteiger partial charge in [-0.1, -0.05) is 0 Å². The van der Waals surface area contributed by atoms with E-state index in [9.17, 15) is 20.1 Å². The normalized spacial score (nSPS) is 35.2. The third-order valence-electron chi connectivity index (χ3n) is 4.00. The van der Waals surface area contributed by atoms with Gasteiger partial charge in [0.1, 0.15) is 30.5 Å². The van der Waals surface area contributed by atoms with Gasteiger partial charge in [0, 0.05) is 7.11 Å². The second-order valence-electron chi connectivity index (χ2n) is 5.71. The Labute approximate surface area is 139 Å². The maximum atomic E-state index is 11.9. The molecule has 0 aromatic rings. The molecular formula is C14H25NO9. The summed E-state index contributed by atoms with van der Waals surface area (Å²) in [5.41, 5.74) is -1.35. The molecule has 0 radical (unpaired) electrons. The van der Waals surface area contributed by atoms with E-state index in [-0.39, 0.29) is 19.8 Å². The fourth-order valence-electron chi connectivity index (χ4n) is 2.61. The highest BCUT2D eigenvalue weighted by atomic mass is 16.7. The van der Waals surface area contributed by atoms with Gasteiger partial charge in [-0.3, -0.25) is 4.79 Å². The van der Waals surface area contributed by atoms with Gasteiger partial charge in [0.2, 0.25) is 5.91 Å². The van der Waals surface area contributed by atoms with Crippen molar-refractivity contribution in [2.45, 2.75) is 30.1 Å². The van der Waals surface area contributed by atoms with Crippen LogP contribution >= 0.6 is 0 Å². The number of carbonyl (C=O) groups is 1. The van der Waals surface area contributed by atoms with Crippen molar-refractivity contribution < 1.29 is 43.8 Å². The minimum Gasteiger partial charge on any atom is -0.393 e. The Bertz CT molecular complexity index is 410. The molecule has 0 aliphatic carbocycles. The summed E-state index contributed by atoms with van der Waals surface area (Å²) in [7, 11) is 1.57. The van der Waals surface area contributed by atoms with E-state index in [2.05, 4.69) is 5.32 Å². The Morgan fingerprint density at radius 2 is 1.96 bits per heavy atom. The highest BCUT2D eigenvalue weighted by Crippen LogP contribution is 2.36. The predicted molar refractivity (Wildman–Crippen MR) is 78.1 cm³/mol. The van der Waals surface area contributed by atoms with Crippen LogP contribution in [0.5, 0.6) is 0 Å². The Hall–Kier alpha value is -0.850. The van der Waals surface area contributed by atoms with Gasteiger partial charge in [-0.15, -0.1) is 0 Å². The molecule has 2 aliphatic rings. The number of ether oxygens (including phenoxy) is 5. The van der Waals surface area contributed by atoms with Crippen LogP contribution in [0.15, 0.2) is 0 Å². The molecule has 10 heteroatoms. The SMILES string of the molecule is COCCOCCOCC(=O)N[C@H]1C2OC[C@](CO)(O2)[C@H](O)[C@@H]1O. The number of aliphatic hydroxyl groups is 3. The van der Waals surface area contributed by atoms with Gasteiger partial charge in [0.15, 0.2) is 6.29 Å². The number of aliphatic hydroxyl groups excluding tert-OH is 3. The van der Waals surface area contributed by atoms with Crippen molar-refractivity contribution in [3.8, 4) is 0 Å². The zero-order chi connectivity index (χ0) is 17.6. The average molecular weight is 351 g/mol. The zero-order valence-corrected chi connectivity index (χ0v) is 13.6. The topological polar surface area (TPSA) is 136 Å². The Morgan fingerprint density at radius 1 is 1.25 bits per heavy atom. The van der Waals surface area contributed by atoms with Gasteiger partial charge in [0.25, 0.3) is 0 Å². The van der Waals surface area contributed by atoms with Crippen LogP contribution < -0.4 is 5.32 Å². The lowest BCUT2D eigenvalue weighted by molar-refractivity contribution is -0.233. The van der Waals surface area contributed by atoms with Crippen molar-refractivity contribution in [1.82, 2.24) is 5.32 Å². The molecule has 0 saturated carbocycles. The highest BCUT2D eigenvalue weighted by molar-refractivity contribution is 5.77. The Kier molecular flexibility index (Phi) is 7.32. The molecule has 2 rings (SSSR count). The first-order chi connectivity index (χ1) is 11.5. The van der Waals surface area contributed by atoms with Gasteiger partial charge in [-0.25, -0.2) is 0 Å². The summed E-state index contributed by atoms with van der Waals surface area (Å²) in [5.74, 6) is -0.487. The summed E-state index contributed by atoms with van der Waals surface area (Å²) in [4.78, 5) is 11.9. The number of rotatable bonds is 10. The third kappa shape index (κ3) is 4.41. The monoisotopic (exact) mass is 351 g/mol. The molecule has 0 aromatic heterocycles. The molecule has 140 valence electrons. The van der Waals surface area contributed by atoms with Crippen molar-refractivity contribution in [2.24, 2.45) is 0 Å². The van der Waals surface area contributed by atoms with E-state index in [1.165, 1.54) is 0 Å². The second kappa shape index (κ2) is 9.02. The molecule has 10 nitrogen and oxygen atoms in total. The van der Waals surface area contributed by atoms with Crippen molar-refractivity contribution in [1.29, 1.82) is 0 Å². The van der Waals surface area contributed by atoms with Gasteiger partial charge in [-0.05, 0) is 0 Å². The molecule has 1 amide bonds. The summed E-state index contributed by atoms with van der Waals surface area (Å²) in [6.45, 7) is 0.708. The molecule has 4 N–H and O–H groups in total. The predicted octanol–water partition coefficient (Wildman–Crippen LogP) is -3.01. The summed E-state index contributed by atoms with van der Waals surface area (Å²) in [6, 6.07) is -0.948. The molecule has 2 fully saturated rings. The Morgan fingerprint density at radius 3 is 2.67 bits per heavy atom. The quantitative estimate of drug-likeness (QED) is 0.303. The molecule has 2 bridgehead atoms. The average Bonchev–Trinajstić information content (AvgIpc) is 2.99. The molecule has 5 atom stereocenters. The van der Waals surface area contributed by atoms with Crippen molar-refractivity contribution in [2.75, 3.05) is 53.4 Å². The van der Waals surface area contributed by atoms with Gasteiger partial charge in [0.05, 0.1) is 39.6 Å². The van der Waals surface area contributed by atoms with E-state index in [0.717, 1.165) is 0 Å². The van der Waals surface area contributed by atoms with Crippen LogP contribution in [0.4, 0.5) is 0 Å². The lowest BCUT2D eigenvalue weighted by Crippen LogP contribution is -2.66. The molecule has 2 aliphatic heterocycles. The maximum absolute atomic E-state index is 11.9. The fraction of sp³-hybridized carbons (Fsp3) is 0.929. The van der Waals surface area contributed by atoms with E-state index in [1.54, 1.807) is 7.11 Å². The van der Waals surface area contributed by atoms with Crippen LogP contribution in [0, 0.1) is 0 Å². The van der Waals surface area contributed by atoms with E-state index in [0.29, 0.717) is 19.8 Å². The number of hydrogen-bond acceptors (Lipinski definition) is 9. The number of hydrogen-bond donors (Lipinski definition) is 4. The number of fused-ring (bicyclic) bond motifs is 2. The van der Waals surface area contributed by atoms with Crippen LogP contribution in [-0.4, -0.2) is 105 Å². The third-order valence-corrected chi connectivity index (χ3v) is 4.00. The standard InChI is InChI=1S/C14H25NO9/c1-20-2-3-21-4-5-22-6-9(17)15-10-11(18)12(19)14(7-16)8-23-13(10)24-14/h10-13,16,18-19H,2-8H2,1H3,(H,15,17)/t10-,11-,12-,13?,14+/m1/s1. The van der Waals surface area contributed by atoms with E-state index >= 15 is 0 Å². The first-order valence-corrected chi connectivity index (χ1v) is 7.74. The van der Waals surface area contributed by atoms with Crippen molar-refractivity contribution in [3.63, 3.8) is 0 Å². The number of methoxy groups -OCH3 is 1. The largest absolute Gasteiger partial charge is 0.393 e. The Balaban J connectivity index is 1.70. The molecular weight excluding hydrogens is 326 g/mol. The minimum atomic E-state index is -1.37. The minimum absolute atomic E-state index is 0.0614. The van der Waals surface area contributed by atoms with Crippen molar-refractivity contribution in [3.05, 3.63) is 0 Å². The lowest BCUT2D eigenvalue weighted by Gasteiger charge is -2.41. The summed E-state index contributed by atoms with van der Waals surface area (Å²) in [5, 5.41) is 32.1. The van der Waals surface area contributed by atoms with Crippen molar-refractivity contribution >= 4 is 5.91 Å². The fourth-order valence-corrected chi connectivity index (χ4v) is 2.61. The van der Waals surface area contributed by atoms with Crippen LogP contribution in [0.3, 0.4) is 0 Å². The molecule has 1 unspecified atom stereocenters. The van der Waals surface area contributed by atoms with Crippen LogP contribution in [0.25, 0.3) is 0 Å². The second-order valence-corrected chi connectivity index (χ2v) is 5.71. The molecule has 0 spiro atoms. The van der Waals surface area contributed by atoms with E-state index in [4.69, 9.17) is 23.7 Å². The van der Waals surface area contributed by atoms with Crippen LogP contribution in [-0.2, 0) is 28.5 Å². The van der Waals surface area contributed by atoms with Gasteiger partial charge < -0.3 is 44.3 Å². The molecule has 0 aromatic carbocycles. The van der Waals surface area contributed by atoms with E-state index in [1.807, 2.05) is 0 Å². The van der Waals surface area contributed by atoms with E-state index < -0.39 is 42.7 Å². The van der Waals surface area contributed by atoms with Crippen LogP contribution in [0.1, 0.15) is 0 Å². The number of amides is 1. The smallest absolute Gasteiger partial charge is 0.246 e. The number of nitrogens with one attached hydrogen (secondary N) is 1. The molecule has 24 heavy (non-hydrogen) atoms. The van der Waals surface area contributed by atoms with Gasteiger partial charge >= 0.3 is 0 Å². The lowest BCUT2D eigenvalue weighted by atomic mass is 9.88. The zero-order valence-electron chi connectivity index (χ0n) is 13.6. The molecule has 2 heterocycles.